The van der Waals surface area contributed by atoms with Gasteiger partial charge in [0.25, 0.3) is 0 Å². The van der Waals surface area contributed by atoms with Gasteiger partial charge < -0.3 is 33.7 Å². The summed E-state index contributed by atoms with van der Waals surface area (Å²) in [5, 5.41) is 19.6. The smallest absolute Gasteiger partial charge is 0.350 e. The van der Waals surface area contributed by atoms with E-state index in [1.807, 2.05) is 0 Å². The lowest BCUT2D eigenvalue weighted by atomic mass is 9.94. The van der Waals surface area contributed by atoms with Gasteiger partial charge >= 0.3 is 12.0 Å². The van der Waals surface area contributed by atoms with E-state index in [-0.39, 0.29) is 24.8 Å². The zero-order chi connectivity index (χ0) is 22.7. The second-order valence-electron chi connectivity index (χ2n) is 6.97. The molecule has 0 saturated carbocycles. The van der Waals surface area contributed by atoms with Crippen molar-refractivity contribution in [3.63, 3.8) is 0 Å². The Labute approximate surface area is 176 Å². The molecule has 1 aliphatic rings. The van der Waals surface area contributed by atoms with E-state index < -0.39 is 29.3 Å². The molecule has 0 fully saturated rings. The van der Waals surface area contributed by atoms with Crippen LogP contribution in [0.25, 0.3) is 11.3 Å². The van der Waals surface area contributed by atoms with Crippen LogP contribution in [0.1, 0.15) is 11.1 Å². The topological polar surface area (TPSA) is 99.4 Å². The molecule has 3 rings (SSSR count). The number of rotatable bonds is 8. The number of fused-ring (bicyclic) bond motifs is 3. The van der Waals surface area contributed by atoms with Crippen molar-refractivity contribution in [2.24, 2.45) is 0 Å². The average molecular weight is 439 g/mol. The van der Waals surface area contributed by atoms with Crippen molar-refractivity contribution in [2.45, 2.75) is 26.0 Å². The van der Waals surface area contributed by atoms with E-state index in [1.165, 1.54) is 26.4 Å². The van der Waals surface area contributed by atoms with Crippen molar-refractivity contribution in [1.82, 2.24) is 4.57 Å². The number of benzene rings is 1. The van der Waals surface area contributed by atoms with Crippen LogP contribution in [0, 0.1) is 6.92 Å². The second-order valence-corrected chi connectivity index (χ2v) is 6.97. The molecule has 10 heteroatoms. The standard InChI is InChI=1S/C21H23F2NO7/c1-11-16-15-5-4-13(31-21(27)19(22)23)8-12(15)6-7-24(16)20(18(26)17(11)25)30-10-14(29-3)9-28-2/h4-5,8,14,26-27H,6-7,9-10H2,1-3H3/t14-/m0/s1. The van der Waals surface area contributed by atoms with Crippen LogP contribution in [-0.2, 0) is 22.4 Å². The van der Waals surface area contributed by atoms with E-state index in [0.29, 0.717) is 29.8 Å². The molecular weight excluding hydrogens is 416 g/mol. The number of methoxy groups -OCH3 is 2. The Balaban J connectivity index is 2.03. The lowest BCUT2D eigenvalue weighted by Crippen LogP contribution is -2.28. The highest BCUT2D eigenvalue weighted by atomic mass is 19.3. The van der Waals surface area contributed by atoms with Gasteiger partial charge in [-0.2, -0.15) is 8.78 Å². The first-order valence-electron chi connectivity index (χ1n) is 9.44. The number of aryl methyl sites for hydroxylation is 1. The number of halogens is 2. The number of nitrogens with zero attached hydrogens (tertiary/aromatic N) is 1. The number of aromatic nitrogens is 1. The molecule has 0 saturated heterocycles. The van der Waals surface area contributed by atoms with Crippen LogP contribution in [0.4, 0.5) is 8.78 Å². The highest BCUT2D eigenvalue weighted by Gasteiger charge is 2.27. The Morgan fingerprint density at radius 3 is 2.65 bits per heavy atom. The molecule has 0 spiro atoms. The molecule has 2 heterocycles. The molecule has 0 aliphatic carbocycles. The molecule has 168 valence electrons. The van der Waals surface area contributed by atoms with Gasteiger partial charge in [0.1, 0.15) is 18.5 Å². The molecule has 1 atom stereocenters. The van der Waals surface area contributed by atoms with E-state index in [4.69, 9.17) is 24.1 Å². The molecule has 31 heavy (non-hydrogen) atoms. The molecule has 2 aromatic rings. The molecule has 1 aromatic heterocycles. The number of pyridine rings is 1. The van der Waals surface area contributed by atoms with E-state index in [1.54, 1.807) is 17.6 Å². The van der Waals surface area contributed by atoms with E-state index in [2.05, 4.69) is 0 Å². The third kappa shape index (κ3) is 4.49. The molecule has 1 aromatic carbocycles. The number of ether oxygens (including phenoxy) is 4. The minimum Gasteiger partial charge on any atom is -0.500 e. The van der Waals surface area contributed by atoms with Gasteiger partial charge in [-0.05, 0) is 37.1 Å². The number of aliphatic hydroxyl groups is 1. The zero-order valence-corrected chi connectivity index (χ0v) is 17.3. The van der Waals surface area contributed by atoms with Crippen LogP contribution in [0.15, 0.2) is 35.0 Å². The molecule has 2 N–H and O–H groups in total. The number of aromatic hydroxyl groups is 1. The normalized spacial score (nSPS) is 13.2. The van der Waals surface area contributed by atoms with Gasteiger partial charge in [-0.1, -0.05) is 0 Å². The quantitative estimate of drug-likeness (QED) is 0.610. The van der Waals surface area contributed by atoms with Crippen LogP contribution in [0.5, 0.6) is 17.4 Å². The van der Waals surface area contributed by atoms with Gasteiger partial charge in [0, 0.05) is 31.9 Å². The van der Waals surface area contributed by atoms with Crippen LogP contribution in [0.3, 0.4) is 0 Å². The fraction of sp³-hybridized carbons (Fsp3) is 0.381. The summed E-state index contributed by atoms with van der Waals surface area (Å²) in [5.41, 5.74) is 1.69. The summed E-state index contributed by atoms with van der Waals surface area (Å²) < 4.78 is 47.4. The lowest BCUT2D eigenvalue weighted by molar-refractivity contribution is -0.00152. The molecule has 0 radical (unpaired) electrons. The maximum absolute atomic E-state index is 12.7. The SMILES string of the molecule is COC[C@@H](COc1c(O)c(=O)c(C)c2n1CCc1cc(OC(O)=C(F)F)ccc1-2)OC. The van der Waals surface area contributed by atoms with Crippen molar-refractivity contribution in [3.8, 4) is 28.6 Å². The minimum atomic E-state index is -2.33. The van der Waals surface area contributed by atoms with Crippen molar-refractivity contribution >= 4 is 0 Å². The Morgan fingerprint density at radius 2 is 2.00 bits per heavy atom. The first kappa shape index (κ1) is 22.6. The largest absolute Gasteiger partial charge is 0.500 e. The van der Waals surface area contributed by atoms with Crippen LogP contribution < -0.4 is 14.9 Å². The van der Waals surface area contributed by atoms with Gasteiger partial charge in [0.2, 0.25) is 17.1 Å². The van der Waals surface area contributed by atoms with E-state index in [0.717, 1.165) is 5.56 Å². The Morgan fingerprint density at radius 1 is 1.26 bits per heavy atom. The van der Waals surface area contributed by atoms with Crippen molar-refractivity contribution in [2.75, 3.05) is 27.4 Å². The molecule has 0 unspecified atom stereocenters. The van der Waals surface area contributed by atoms with Crippen molar-refractivity contribution in [3.05, 3.63) is 51.6 Å². The summed E-state index contributed by atoms with van der Waals surface area (Å²) in [4.78, 5) is 12.7. The summed E-state index contributed by atoms with van der Waals surface area (Å²) >= 11 is 0. The number of aliphatic hydroxyl groups excluding tert-OH is 1. The highest BCUT2D eigenvalue weighted by Crippen LogP contribution is 2.38. The predicted molar refractivity (Wildman–Crippen MR) is 107 cm³/mol. The Kier molecular flexibility index (Phi) is 6.81. The van der Waals surface area contributed by atoms with Gasteiger partial charge in [0.15, 0.2) is 0 Å². The molecule has 0 amide bonds. The number of hydrogen-bond donors (Lipinski definition) is 2. The van der Waals surface area contributed by atoms with Crippen LogP contribution in [-0.4, -0.2) is 48.3 Å². The summed E-state index contributed by atoms with van der Waals surface area (Å²) in [6.07, 6.45) is -2.28. The fourth-order valence-electron chi connectivity index (χ4n) is 3.52. The summed E-state index contributed by atoms with van der Waals surface area (Å²) in [6, 6.07) is 4.54. The summed E-state index contributed by atoms with van der Waals surface area (Å²) in [7, 11) is 3.02. The molecule has 0 bridgehead atoms. The average Bonchev–Trinajstić information content (AvgIpc) is 2.75. The van der Waals surface area contributed by atoms with Crippen molar-refractivity contribution < 1.29 is 37.9 Å². The van der Waals surface area contributed by atoms with Gasteiger partial charge in [0.05, 0.1) is 12.3 Å². The molecule has 1 aliphatic heterocycles. The first-order chi connectivity index (χ1) is 14.8. The van der Waals surface area contributed by atoms with Gasteiger partial charge in [-0.25, -0.2) is 0 Å². The van der Waals surface area contributed by atoms with Gasteiger partial charge in [-0.3, -0.25) is 4.79 Å². The third-order valence-corrected chi connectivity index (χ3v) is 5.03. The Hall–Kier alpha value is -3.11. The number of hydrogen-bond acceptors (Lipinski definition) is 7. The molecular formula is C21H23F2NO7. The van der Waals surface area contributed by atoms with Gasteiger partial charge in [-0.15, -0.1) is 0 Å². The highest BCUT2D eigenvalue weighted by molar-refractivity contribution is 5.72. The van der Waals surface area contributed by atoms with E-state index >= 15 is 0 Å². The monoisotopic (exact) mass is 439 g/mol. The summed E-state index contributed by atoms with van der Waals surface area (Å²) in [6.45, 7) is 2.27. The van der Waals surface area contributed by atoms with E-state index in [9.17, 15) is 18.7 Å². The lowest BCUT2D eigenvalue weighted by Gasteiger charge is -2.28. The van der Waals surface area contributed by atoms with Crippen LogP contribution in [0.2, 0.25) is 0 Å². The maximum atomic E-state index is 12.7. The first-order valence-corrected chi connectivity index (χ1v) is 9.44. The van der Waals surface area contributed by atoms with Crippen molar-refractivity contribution in [1.29, 1.82) is 0 Å². The fourth-order valence-corrected chi connectivity index (χ4v) is 3.52. The maximum Gasteiger partial charge on any atom is 0.350 e. The zero-order valence-electron chi connectivity index (χ0n) is 17.3. The minimum absolute atomic E-state index is 0.0230. The summed E-state index contributed by atoms with van der Waals surface area (Å²) in [5.74, 6) is -1.90. The molecule has 8 nitrogen and oxygen atoms in total. The Bertz CT molecular complexity index is 1060. The predicted octanol–water partition coefficient (Wildman–Crippen LogP) is 3.13. The third-order valence-electron chi connectivity index (χ3n) is 5.03. The van der Waals surface area contributed by atoms with Crippen LogP contribution >= 0.6 is 0 Å². The second kappa shape index (κ2) is 9.36.